The average Bonchev–Trinajstić information content (AvgIpc) is 4.26. The summed E-state index contributed by atoms with van der Waals surface area (Å²) in [6, 6.07) is 0. The largest absolute Gasteiger partial charge is 0.756 e. The number of ether oxygens (including phenoxy) is 5. The Morgan fingerprint density at radius 1 is 0.789 bits per heavy atom. The van der Waals surface area contributed by atoms with Crippen LogP contribution in [0.2, 0.25) is 0 Å². The highest BCUT2D eigenvalue weighted by Gasteiger charge is 2.65. The number of H-pyrrole nitrogens is 2. The van der Waals surface area contributed by atoms with Crippen molar-refractivity contribution in [1.82, 2.24) is 53.6 Å². The Morgan fingerprint density at radius 2 is 1.43 bits per heavy atom. The lowest BCUT2D eigenvalue weighted by molar-refractivity contribution is -0.745. The first kappa shape index (κ1) is 54.2. The zero-order valence-electron chi connectivity index (χ0n) is 38.4. The second kappa shape index (κ2) is 19.6. The number of phosphoric acid groups is 4. The molecule has 10 heterocycles. The molecule has 0 saturated carbocycles. The number of aliphatic hydroxyl groups excluding tert-OH is 3. The number of methoxy groups -OCH3 is 1. The van der Waals surface area contributed by atoms with Gasteiger partial charge in [0.05, 0.1) is 46.1 Å². The molecule has 0 spiro atoms. The van der Waals surface area contributed by atoms with Crippen LogP contribution in [0.25, 0.3) is 33.5 Å². The predicted molar refractivity (Wildman–Crippen MR) is 233 cm³/mol. The molecule has 4 fully saturated rings. The number of nitrogens with two attached hydrogens (primary N) is 3. The average molecular weight is 1150 g/mol. The van der Waals surface area contributed by atoms with Gasteiger partial charge < -0.3 is 93.9 Å². The Bertz CT molecular complexity index is 3560. The molecule has 4 aliphatic heterocycles. The monoisotopic (exact) mass is 1150 g/mol. The molecule has 6 aromatic heterocycles. The molecule has 11 N–H and O–H groups in total. The number of hydrogen-bond donors (Lipinski definition) is 8. The predicted octanol–water partition coefficient (Wildman–Crippen LogP) is -6.83. The third kappa shape index (κ3) is 10.0. The Kier molecular flexibility index (Phi) is 14.0. The second-order valence-corrected chi connectivity index (χ2v) is 23.0. The number of imidazole rings is 3. The van der Waals surface area contributed by atoms with Gasteiger partial charge in [-0.3, -0.25) is 51.5 Å². The highest BCUT2D eigenvalue weighted by atomic mass is 31.3. The van der Waals surface area contributed by atoms with E-state index in [-0.39, 0.29) is 51.2 Å². The van der Waals surface area contributed by atoms with Crippen LogP contribution in [0.5, 0.6) is 0 Å². The van der Waals surface area contributed by atoms with Crippen LogP contribution in [-0.4, -0.2) is 157 Å². The fourth-order valence-corrected chi connectivity index (χ4v) is 13.4. The van der Waals surface area contributed by atoms with E-state index in [0.29, 0.717) is 0 Å². The first-order valence-corrected chi connectivity index (χ1v) is 27.4. The number of anilines is 3. The van der Waals surface area contributed by atoms with Crippen molar-refractivity contribution in [3.8, 4) is 0 Å². The normalized spacial score (nSPS) is 31.8. The summed E-state index contributed by atoms with van der Waals surface area (Å²) in [5, 5.41) is 32.8. The molecule has 4 aliphatic rings. The number of phosphoric ester groups is 3. The lowest BCUT2D eigenvalue weighted by Gasteiger charge is -2.37. The van der Waals surface area contributed by atoms with E-state index in [1.165, 1.54) is 27.1 Å². The van der Waals surface area contributed by atoms with Crippen LogP contribution in [0.1, 0.15) is 18.7 Å². The Balaban J connectivity index is 0.813. The molecule has 0 radical (unpaired) electrons. The maximum atomic E-state index is 13.6. The van der Waals surface area contributed by atoms with Crippen LogP contribution in [0.3, 0.4) is 0 Å². The van der Waals surface area contributed by atoms with E-state index in [1.54, 1.807) is 0 Å². The van der Waals surface area contributed by atoms with Gasteiger partial charge in [-0.25, -0.2) is 33.1 Å². The van der Waals surface area contributed by atoms with Crippen LogP contribution < -0.4 is 52.5 Å². The third-order valence-corrected chi connectivity index (χ3v) is 17.3. The first-order chi connectivity index (χ1) is 35.7. The molecule has 43 heteroatoms. The first-order valence-electron chi connectivity index (χ1n) is 21.6. The van der Waals surface area contributed by atoms with Crippen LogP contribution in [0.4, 0.5) is 17.7 Å². The lowest BCUT2D eigenvalue weighted by Crippen LogP contribution is -2.46. The molecule has 16 atom stereocenters. The quantitative estimate of drug-likeness (QED) is 0.0276. The molecular weight excluding hydrogens is 1110 g/mol. The van der Waals surface area contributed by atoms with Crippen LogP contribution in [0, 0.1) is 0 Å². The molecule has 76 heavy (non-hydrogen) atoms. The van der Waals surface area contributed by atoms with Crippen LogP contribution >= 0.6 is 31.3 Å². The summed E-state index contributed by atoms with van der Waals surface area (Å²) in [6.45, 7) is -4.32. The summed E-state index contributed by atoms with van der Waals surface area (Å²) in [6.07, 6.45) is -13.2. The number of nitrogens with zero attached hydrogens (tertiary/aromatic N) is 10. The molecule has 4 saturated heterocycles. The van der Waals surface area contributed by atoms with Gasteiger partial charge in [0.2, 0.25) is 17.7 Å². The van der Waals surface area contributed by atoms with E-state index in [2.05, 4.69) is 53.0 Å². The number of aromatic amines is 2. The van der Waals surface area contributed by atoms with Gasteiger partial charge in [-0.1, -0.05) is 4.98 Å². The van der Waals surface area contributed by atoms with Crippen LogP contribution in [-0.2, 0) is 75.7 Å². The van der Waals surface area contributed by atoms with Crippen molar-refractivity contribution in [2.75, 3.05) is 50.7 Å². The number of aryl methyl sites for hydroxylation is 1. The number of nitrogens with one attached hydrogen (secondary N) is 2. The minimum atomic E-state index is -6.57. The molecule has 7 unspecified atom stereocenters. The van der Waals surface area contributed by atoms with Crippen molar-refractivity contribution in [2.24, 2.45) is 7.05 Å². The van der Waals surface area contributed by atoms with Crippen molar-refractivity contribution >= 4 is 82.5 Å². The molecule has 0 amide bonds. The summed E-state index contributed by atoms with van der Waals surface area (Å²) in [5.41, 5.74) is 13.1. The number of aromatic nitrogens is 12. The second-order valence-electron chi connectivity index (χ2n) is 17.1. The Morgan fingerprint density at radius 3 is 2.16 bits per heavy atom. The van der Waals surface area contributed by atoms with Gasteiger partial charge in [-0.2, -0.15) is 4.98 Å². The highest BCUT2D eigenvalue weighted by molar-refractivity contribution is 7.65. The third-order valence-electron chi connectivity index (χ3n) is 12.2. The van der Waals surface area contributed by atoms with E-state index < -0.39 is 142 Å². The van der Waals surface area contributed by atoms with Gasteiger partial charge >= 0.3 is 5.65 Å². The molecule has 2 bridgehead atoms. The minimum absolute atomic E-state index is 0.00172. The van der Waals surface area contributed by atoms with Gasteiger partial charge in [-0.15, -0.1) is 0 Å². The van der Waals surface area contributed by atoms with Crippen molar-refractivity contribution in [2.45, 2.75) is 73.1 Å². The smallest absolute Gasteiger partial charge is 0.313 e. The summed E-state index contributed by atoms with van der Waals surface area (Å²) in [4.78, 5) is 106. The number of rotatable bonds is 19. The maximum Gasteiger partial charge on any atom is 0.313 e. The Hall–Kier alpha value is -5.15. The van der Waals surface area contributed by atoms with Gasteiger partial charge in [0, 0.05) is 7.11 Å². The fraction of sp³-hybridized carbons (Fsp3) is 0.545. The molecular formula is C33H40N15O24P4-3. The topological polar surface area (TPSA) is 563 Å². The van der Waals surface area contributed by atoms with E-state index >= 15 is 0 Å². The van der Waals surface area contributed by atoms with Gasteiger partial charge in [-0.05, 0) is 0 Å². The summed E-state index contributed by atoms with van der Waals surface area (Å²) in [5.74, 6) is -0.724. The maximum absolute atomic E-state index is 13.6. The zero-order valence-corrected chi connectivity index (χ0v) is 42.0. The van der Waals surface area contributed by atoms with Gasteiger partial charge in [0.15, 0.2) is 41.4 Å². The van der Waals surface area contributed by atoms with E-state index in [9.17, 15) is 62.7 Å². The molecule has 6 aromatic rings. The molecule has 414 valence electrons. The molecule has 39 nitrogen and oxygen atoms in total. The fourth-order valence-electron chi connectivity index (χ4n) is 8.98. The van der Waals surface area contributed by atoms with E-state index in [1.807, 2.05) is 0 Å². The minimum Gasteiger partial charge on any atom is -0.756 e. The van der Waals surface area contributed by atoms with Crippen molar-refractivity contribution in [3.63, 3.8) is 0 Å². The van der Waals surface area contributed by atoms with Crippen molar-refractivity contribution < 1.29 is 108 Å². The van der Waals surface area contributed by atoms with Gasteiger partial charge in [0.25, 0.3) is 48.4 Å². The van der Waals surface area contributed by atoms with E-state index in [4.69, 9.17) is 54.5 Å². The van der Waals surface area contributed by atoms with Gasteiger partial charge in [0.1, 0.15) is 66.3 Å². The SMILES string of the molecule is CO[C@@H]1C(O)[C@H]([n+]2cn(C)c3c(=O)[nH]c(N)nc32)O[C@@H]1COP(=O)([O-])OP(=O)([O-])OP(=O)([O-])OC[C@]12CO[C@@H](C1OP(=O)([O-])OC[C@H]1O[C@@H](n3cnc4c(=O)[nH]c(N)nc43)[C@@H](O)C1O)[C@H](n1cnc3c(N)ncnc31)O2. The van der Waals surface area contributed by atoms with Crippen molar-refractivity contribution in [1.29, 1.82) is 0 Å². The lowest BCUT2D eigenvalue weighted by atomic mass is 10.0. The highest BCUT2D eigenvalue weighted by Crippen LogP contribution is 2.64. The molecule has 10 rings (SSSR count). The molecule has 0 aliphatic carbocycles. The van der Waals surface area contributed by atoms with Crippen molar-refractivity contribution in [3.05, 3.63) is 46.0 Å². The number of hydrogen-bond acceptors (Lipinski definition) is 33. The number of fused-ring (bicyclic) bond motifs is 5. The molecule has 0 aromatic carbocycles. The standard InChI is InChI=1S/C33H43N15O24P4/c1-45-10-48(25-15(45)27(53)44-32(36)42-25)29-18(51)19(62-2)12(68-29)4-65-74(56,57)71-76(60,61)72-75(58,59)66-6-33-5-63-20(30(69-33)46-8-39-13-22(34)37-7-38-23(13)46)21(33)70-73(54,55)64-3-11-16(49)17(50)28(67-11)47-9-40-14-24(47)41-31(35)43-26(14)52/h7-12,16-21,28-30,49-51H,3-6H2,1-2H3,(H11-,34,35,36,37,38,41,42,43,44,52,53,54,55,56,57,58,59,60,61)/p-3/t11-,12-,16?,17+,18?,19+,20+,21?,28-,29-,30-,33-/m1/s1. The summed E-state index contributed by atoms with van der Waals surface area (Å²) in [7, 11) is -22.2. The number of aliphatic hydroxyl groups is 3. The Labute approximate surface area is 420 Å². The van der Waals surface area contributed by atoms with E-state index in [0.717, 1.165) is 30.7 Å². The van der Waals surface area contributed by atoms with Crippen LogP contribution in [0.15, 0.2) is 34.9 Å². The zero-order chi connectivity index (χ0) is 54.6. The summed E-state index contributed by atoms with van der Waals surface area (Å²) < 4.78 is 114. The summed E-state index contributed by atoms with van der Waals surface area (Å²) >= 11 is 0. The number of nitrogen functional groups attached to an aromatic ring is 3.